The van der Waals surface area contributed by atoms with Crippen molar-refractivity contribution in [1.82, 2.24) is 10.3 Å². The molecule has 0 aliphatic heterocycles. The summed E-state index contributed by atoms with van der Waals surface area (Å²) in [6, 6.07) is 4.56. The normalized spacial score (nSPS) is 28.8. The average Bonchev–Trinajstić information content (AvgIpc) is 3.21. The number of primary amides is 1. The third-order valence-electron chi connectivity index (χ3n) is 4.53. The highest BCUT2D eigenvalue weighted by Crippen LogP contribution is 2.39. The molecule has 1 aromatic heterocycles. The molecule has 2 fully saturated rings. The second-order valence-corrected chi connectivity index (χ2v) is 5.94. The summed E-state index contributed by atoms with van der Waals surface area (Å²) in [6.45, 7) is 0. The zero-order valence-corrected chi connectivity index (χ0v) is 11.1. The Morgan fingerprint density at radius 2 is 2.26 bits per heavy atom. The number of nitrogens with two attached hydrogens (primary N) is 1. The summed E-state index contributed by atoms with van der Waals surface area (Å²) in [5, 5.41) is 3.51. The predicted octanol–water partition coefficient (Wildman–Crippen LogP) is 1.72. The van der Waals surface area contributed by atoms with Gasteiger partial charge in [0.2, 0.25) is 5.91 Å². The van der Waals surface area contributed by atoms with Crippen molar-refractivity contribution >= 4 is 5.91 Å². The van der Waals surface area contributed by atoms with E-state index >= 15 is 0 Å². The molecule has 0 aromatic carbocycles. The number of nitrogens with zero attached hydrogens (tertiary/aromatic N) is 1. The molecular weight excluding hydrogens is 238 g/mol. The van der Waals surface area contributed by atoms with Crippen molar-refractivity contribution in [2.24, 2.45) is 5.73 Å². The van der Waals surface area contributed by atoms with Crippen molar-refractivity contribution in [2.75, 3.05) is 0 Å². The third kappa shape index (κ3) is 2.63. The van der Waals surface area contributed by atoms with Crippen LogP contribution in [0.2, 0.25) is 0 Å². The topological polar surface area (TPSA) is 68.0 Å². The lowest BCUT2D eigenvalue weighted by Crippen LogP contribution is -2.49. The van der Waals surface area contributed by atoms with Crippen LogP contribution in [-0.2, 0) is 4.79 Å². The second-order valence-electron chi connectivity index (χ2n) is 5.94. The van der Waals surface area contributed by atoms with Crippen LogP contribution in [0.4, 0.5) is 0 Å². The molecule has 1 heterocycles. The Bertz CT molecular complexity index is 456. The van der Waals surface area contributed by atoms with E-state index in [-0.39, 0.29) is 11.4 Å². The zero-order chi connectivity index (χ0) is 13.3. The first kappa shape index (κ1) is 12.6. The number of nitrogens with one attached hydrogen (secondary N) is 1. The molecule has 0 radical (unpaired) electrons. The summed E-state index contributed by atoms with van der Waals surface area (Å²) < 4.78 is 0. The Kier molecular flexibility index (Phi) is 3.27. The highest BCUT2D eigenvalue weighted by atomic mass is 16.1. The molecule has 102 valence electrons. The van der Waals surface area contributed by atoms with Crippen molar-refractivity contribution in [1.29, 1.82) is 0 Å². The summed E-state index contributed by atoms with van der Waals surface area (Å²) in [5.41, 5.74) is 6.41. The van der Waals surface area contributed by atoms with E-state index in [4.69, 9.17) is 5.73 Å². The van der Waals surface area contributed by atoms with Crippen LogP contribution < -0.4 is 11.1 Å². The van der Waals surface area contributed by atoms with Gasteiger partial charge in [0.15, 0.2) is 0 Å². The van der Waals surface area contributed by atoms with Gasteiger partial charge in [0.1, 0.15) is 0 Å². The van der Waals surface area contributed by atoms with Gasteiger partial charge in [-0.05, 0) is 49.7 Å². The first-order chi connectivity index (χ1) is 9.20. The van der Waals surface area contributed by atoms with Crippen molar-refractivity contribution in [2.45, 2.75) is 56.0 Å². The van der Waals surface area contributed by atoms with Crippen LogP contribution >= 0.6 is 0 Å². The van der Waals surface area contributed by atoms with Crippen LogP contribution in [0.3, 0.4) is 0 Å². The van der Waals surface area contributed by atoms with Crippen LogP contribution in [0, 0.1) is 0 Å². The van der Waals surface area contributed by atoms with Crippen LogP contribution in [0.5, 0.6) is 0 Å². The molecular formula is C15H21N3O. The summed E-state index contributed by atoms with van der Waals surface area (Å²) in [7, 11) is 0. The highest BCUT2D eigenvalue weighted by Gasteiger charge is 2.49. The lowest BCUT2D eigenvalue weighted by molar-refractivity contribution is -0.121. The number of amides is 1. The molecule has 1 aromatic rings. The third-order valence-corrected chi connectivity index (χ3v) is 4.53. The molecule has 0 unspecified atom stereocenters. The number of carbonyl (C=O) groups is 1. The average molecular weight is 259 g/mol. The number of rotatable bonds is 4. The standard InChI is InChI=1S/C15H21N3O/c16-14(19)15(6-7-15)18-13-5-1-3-11(9-13)12-4-2-8-17-10-12/h2,4,8,10-11,13,18H,1,3,5-7,9H2,(H2,16,19)/t11-,13+/m1/s1. The van der Waals surface area contributed by atoms with Gasteiger partial charge in [-0.3, -0.25) is 9.78 Å². The Morgan fingerprint density at radius 1 is 1.42 bits per heavy atom. The lowest BCUT2D eigenvalue weighted by atomic mass is 9.81. The molecule has 2 aliphatic rings. The molecule has 0 saturated heterocycles. The van der Waals surface area contributed by atoms with Crippen molar-refractivity contribution in [3.05, 3.63) is 30.1 Å². The Hall–Kier alpha value is -1.42. The summed E-state index contributed by atoms with van der Waals surface area (Å²) in [4.78, 5) is 15.7. The molecule has 4 heteroatoms. The van der Waals surface area contributed by atoms with Crippen LogP contribution in [0.1, 0.15) is 50.0 Å². The minimum Gasteiger partial charge on any atom is -0.368 e. The zero-order valence-electron chi connectivity index (χ0n) is 11.1. The molecule has 4 nitrogen and oxygen atoms in total. The Labute approximate surface area is 113 Å². The van der Waals surface area contributed by atoms with Gasteiger partial charge >= 0.3 is 0 Å². The quantitative estimate of drug-likeness (QED) is 0.865. The van der Waals surface area contributed by atoms with Gasteiger partial charge in [-0.15, -0.1) is 0 Å². The van der Waals surface area contributed by atoms with E-state index < -0.39 is 0 Å². The molecule has 3 rings (SSSR count). The smallest absolute Gasteiger partial charge is 0.237 e. The van der Waals surface area contributed by atoms with E-state index in [2.05, 4.69) is 16.4 Å². The molecule has 2 aliphatic carbocycles. The van der Waals surface area contributed by atoms with Gasteiger partial charge in [0.25, 0.3) is 0 Å². The Balaban J connectivity index is 1.64. The van der Waals surface area contributed by atoms with Crippen LogP contribution in [-0.4, -0.2) is 22.5 Å². The van der Waals surface area contributed by atoms with E-state index in [1.165, 1.54) is 18.4 Å². The first-order valence-corrected chi connectivity index (χ1v) is 7.17. The summed E-state index contributed by atoms with van der Waals surface area (Å²) in [6.07, 6.45) is 10.2. The fourth-order valence-corrected chi connectivity index (χ4v) is 3.22. The molecule has 2 saturated carbocycles. The maximum Gasteiger partial charge on any atom is 0.237 e. The highest BCUT2D eigenvalue weighted by molar-refractivity contribution is 5.87. The lowest BCUT2D eigenvalue weighted by Gasteiger charge is -2.32. The van der Waals surface area contributed by atoms with E-state index in [0.29, 0.717) is 12.0 Å². The molecule has 2 atom stereocenters. The van der Waals surface area contributed by atoms with E-state index in [9.17, 15) is 4.79 Å². The van der Waals surface area contributed by atoms with Crippen LogP contribution in [0.15, 0.2) is 24.5 Å². The molecule has 19 heavy (non-hydrogen) atoms. The van der Waals surface area contributed by atoms with Crippen LogP contribution in [0.25, 0.3) is 0 Å². The van der Waals surface area contributed by atoms with E-state index in [1.807, 2.05) is 18.5 Å². The first-order valence-electron chi connectivity index (χ1n) is 7.17. The van der Waals surface area contributed by atoms with Crippen molar-refractivity contribution in [3.8, 4) is 0 Å². The van der Waals surface area contributed by atoms with E-state index in [0.717, 1.165) is 25.7 Å². The molecule has 1 amide bonds. The number of carbonyl (C=O) groups excluding carboxylic acids is 1. The maximum absolute atomic E-state index is 11.5. The van der Waals surface area contributed by atoms with Gasteiger partial charge < -0.3 is 11.1 Å². The van der Waals surface area contributed by atoms with Gasteiger partial charge in [-0.25, -0.2) is 0 Å². The second kappa shape index (κ2) is 4.93. The van der Waals surface area contributed by atoms with E-state index in [1.54, 1.807) is 0 Å². The number of hydrogen-bond acceptors (Lipinski definition) is 3. The van der Waals surface area contributed by atoms with Gasteiger partial charge in [0, 0.05) is 18.4 Å². The van der Waals surface area contributed by atoms with Gasteiger partial charge in [-0.2, -0.15) is 0 Å². The maximum atomic E-state index is 11.5. The molecule has 3 N–H and O–H groups in total. The fourth-order valence-electron chi connectivity index (χ4n) is 3.22. The Morgan fingerprint density at radius 3 is 2.89 bits per heavy atom. The fraction of sp³-hybridized carbons (Fsp3) is 0.600. The minimum atomic E-state index is -0.387. The van der Waals surface area contributed by atoms with Crippen molar-refractivity contribution < 1.29 is 4.79 Å². The minimum absolute atomic E-state index is 0.184. The number of pyridine rings is 1. The number of hydrogen-bond donors (Lipinski definition) is 2. The summed E-state index contributed by atoms with van der Waals surface area (Å²) in [5.74, 6) is 0.375. The SMILES string of the molecule is NC(=O)C1(N[C@H]2CCC[C@@H](c3cccnc3)C2)CC1. The molecule has 0 spiro atoms. The monoisotopic (exact) mass is 259 g/mol. The predicted molar refractivity (Wildman–Crippen MR) is 73.5 cm³/mol. The largest absolute Gasteiger partial charge is 0.368 e. The molecule has 0 bridgehead atoms. The van der Waals surface area contributed by atoms with Gasteiger partial charge in [0.05, 0.1) is 5.54 Å². The summed E-state index contributed by atoms with van der Waals surface area (Å²) >= 11 is 0. The number of aromatic nitrogens is 1. The van der Waals surface area contributed by atoms with Crippen molar-refractivity contribution in [3.63, 3.8) is 0 Å². The van der Waals surface area contributed by atoms with Gasteiger partial charge in [-0.1, -0.05) is 12.5 Å².